The van der Waals surface area contributed by atoms with E-state index in [4.69, 9.17) is 11.6 Å². The SMILES string of the molecule is Fc1cccc(C(Br)c2ccc(Cl)s2)c1Br. The van der Waals surface area contributed by atoms with Gasteiger partial charge in [-0.1, -0.05) is 39.7 Å². The van der Waals surface area contributed by atoms with E-state index in [1.54, 1.807) is 6.07 Å². The number of benzene rings is 1. The molecule has 0 aliphatic rings. The fourth-order valence-electron chi connectivity index (χ4n) is 1.33. The van der Waals surface area contributed by atoms with E-state index in [1.165, 1.54) is 17.4 Å². The van der Waals surface area contributed by atoms with Gasteiger partial charge in [0.25, 0.3) is 0 Å². The molecule has 2 rings (SSSR count). The molecule has 0 amide bonds. The molecule has 0 saturated heterocycles. The van der Waals surface area contributed by atoms with Gasteiger partial charge < -0.3 is 0 Å². The normalized spacial score (nSPS) is 12.8. The van der Waals surface area contributed by atoms with Crippen molar-refractivity contribution in [2.24, 2.45) is 0 Å². The molecule has 0 bridgehead atoms. The molecule has 0 saturated carbocycles. The van der Waals surface area contributed by atoms with Crippen molar-refractivity contribution in [2.75, 3.05) is 0 Å². The van der Waals surface area contributed by atoms with Gasteiger partial charge in [-0.3, -0.25) is 0 Å². The summed E-state index contributed by atoms with van der Waals surface area (Å²) >= 11 is 14.2. The van der Waals surface area contributed by atoms with Gasteiger partial charge in [0.15, 0.2) is 0 Å². The van der Waals surface area contributed by atoms with Crippen molar-refractivity contribution in [3.63, 3.8) is 0 Å². The molecule has 0 spiro atoms. The Bertz CT molecular complexity index is 512. The third kappa shape index (κ3) is 2.50. The van der Waals surface area contributed by atoms with E-state index >= 15 is 0 Å². The van der Waals surface area contributed by atoms with Crippen LogP contribution >= 0.6 is 54.8 Å². The molecule has 0 fully saturated rings. The summed E-state index contributed by atoms with van der Waals surface area (Å²) in [5.41, 5.74) is 0.860. The van der Waals surface area contributed by atoms with Gasteiger partial charge in [-0.2, -0.15) is 0 Å². The van der Waals surface area contributed by atoms with Crippen molar-refractivity contribution in [3.8, 4) is 0 Å². The number of rotatable bonds is 2. The largest absolute Gasteiger partial charge is 0.206 e. The zero-order valence-electron chi connectivity index (χ0n) is 7.88. The number of hydrogen-bond acceptors (Lipinski definition) is 1. The summed E-state index contributed by atoms with van der Waals surface area (Å²) in [6, 6.07) is 8.76. The van der Waals surface area contributed by atoms with Gasteiger partial charge in [-0.05, 0) is 39.7 Å². The standard InChI is InChI=1S/C11H6Br2ClFS/c12-10-6(2-1-3-7(10)15)11(13)8-4-5-9(14)16-8/h1-5,11H. The van der Waals surface area contributed by atoms with Crippen molar-refractivity contribution in [3.05, 3.63) is 55.4 Å². The summed E-state index contributed by atoms with van der Waals surface area (Å²) < 4.78 is 14.6. The number of thiophene rings is 1. The van der Waals surface area contributed by atoms with Crippen molar-refractivity contribution in [1.82, 2.24) is 0 Å². The van der Waals surface area contributed by atoms with Gasteiger partial charge >= 0.3 is 0 Å². The summed E-state index contributed by atoms with van der Waals surface area (Å²) in [5.74, 6) is -0.260. The van der Waals surface area contributed by atoms with Crippen molar-refractivity contribution in [2.45, 2.75) is 4.83 Å². The molecule has 1 heterocycles. The molecule has 16 heavy (non-hydrogen) atoms. The van der Waals surface area contributed by atoms with Gasteiger partial charge in [-0.15, -0.1) is 11.3 Å². The lowest BCUT2D eigenvalue weighted by atomic mass is 10.1. The quantitative estimate of drug-likeness (QED) is 0.575. The summed E-state index contributed by atoms with van der Waals surface area (Å²) in [6.45, 7) is 0. The molecule has 2 aromatic rings. The molecular weight excluding hydrogens is 378 g/mol. The van der Waals surface area contributed by atoms with Crippen LogP contribution in [-0.2, 0) is 0 Å². The summed E-state index contributed by atoms with van der Waals surface area (Å²) in [4.78, 5) is 1.01. The van der Waals surface area contributed by atoms with E-state index in [0.29, 0.717) is 4.47 Å². The number of alkyl halides is 1. The molecule has 0 radical (unpaired) electrons. The van der Waals surface area contributed by atoms with Crippen LogP contribution in [0.4, 0.5) is 4.39 Å². The topological polar surface area (TPSA) is 0 Å². The van der Waals surface area contributed by atoms with Gasteiger partial charge in [0.2, 0.25) is 0 Å². The lowest BCUT2D eigenvalue weighted by Crippen LogP contribution is -1.93. The molecule has 0 aliphatic carbocycles. The third-order valence-electron chi connectivity index (χ3n) is 2.10. The minimum absolute atomic E-state index is 0.0462. The van der Waals surface area contributed by atoms with E-state index in [9.17, 15) is 4.39 Å². The number of halogens is 4. The van der Waals surface area contributed by atoms with Crippen molar-refractivity contribution in [1.29, 1.82) is 0 Å². The predicted octanol–water partition coefficient (Wildman–Crippen LogP) is 5.79. The van der Waals surface area contributed by atoms with Crippen LogP contribution in [0.1, 0.15) is 15.3 Å². The fourth-order valence-corrected chi connectivity index (χ4v) is 4.01. The highest BCUT2D eigenvalue weighted by molar-refractivity contribution is 9.11. The molecule has 1 aromatic carbocycles. The average Bonchev–Trinajstić information content (AvgIpc) is 2.68. The molecule has 0 N–H and O–H groups in total. The first-order valence-corrected chi connectivity index (χ1v) is 7.33. The van der Waals surface area contributed by atoms with E-state index < -0.39 is 0 Å². The third-order valence-corrected chi connectivity index (χ3v) is 5.52. The summed E-state index contributed by atoms with van der Waals surface area (Å²) in [6.07, 6.45) is 0. The predicted molar refractivity (Wildman–Crippen MR) is 74.2 cm³/mol. The van der Waals surface area contributed by atoms with Crippen LogP contribution in [0.25, 0.3) is 0 Å². The first kappa shape index (κ1) is 12.6. The molecule has 0 nitrogen and oxygen atoms in total. The Morgan fingerprint density at radius 1 is 1.25 bits per heavy atom. The van der Waals surface area contributed by atoms with Crippen molar-refractivity contribution < 1.29 is 4.39 Å². The lowest BCUT2D eigenvalue weighted by molar-refractivity contribution is 0.619. The maximum absolute atomic E-state index is 13.4. The first-order chi connectivity index (χ1) is 7.59. The van der Waals surface area contributed by atoms with Crippen molar-refractivity contribution >= 4 is 54.8 Å². The highest BCUT2D eigenvalue weighted by Crippen LogP contribution is 2.40. The van der Waals surface area contributed by atoms with E-state index in [-0.39, 0.29) is 10.6 Å². The summed E-state index contributed by atoms with van der Waals surface area (Å²) in [7, 11) is 0. The van der Waals surface area contributed by atoms with Gasteiger partial charge in [0.05, 0.1) is 13.6 Å². The molecular formula is C11H6Br2ClFS. The second-order valence-corrected chi connectivity index (χ2v) is 6.60. The maximum atomic E-state index is 13.4. The maximum Gasteiger partial charge on any atom is 0.137 e. The Kier molecular flexibility index (Phi) is 4.06. The van der Waals surface area contributed by atoms with Gasteiger partial charge in [-0.25, -0.2) is 4.39 Å². The minimum Gasteiger partial charge on any atom is -0.206 e. The van der Waals surface area contributed by atoms with Crippen LogP contribution in [0.15, 0.2) is 34.8 Å². The van der Waals surface area contributed by atoms with E-state index in [1.807, 2.05) is 18.2 Å². The molecule has 5 heteroatoms. The minimum atomic E-state index is -0.260. The molecule has 1 aromatic heterocycles. The van der Waals surface area contributed by atoms with E-state index in [2.05, 4.69) is 31.9 Å². The van der Waals surface area contributed by atoms with Gasteiger partial charge in [0.1, 0.15) is 5.82 Å². The van der Waals surface area contributed by atoms with Crippen LogP contribution in [0.2, 0.25) is 4.34 Å². The van der Waals surface area contributed by atoms with Crippen LogP contribution in [0.3, 0.4) is 0 Å². The highest BCUT2D eigenvalue weighted by atomic mass is 79.9. The zero-order chi connectivity index (χ0) is 11.7. The Morgan fingerprint density at radius 2 is 2.00 bits per heavy atom. The Morgan fingerprint density at radius 3 is 2.62 bits per heavy atom. The Hall–Kier alpha value is 0.1000. The fraction of sp³-hybridized carbons (Fsp3) is 0.0909. The average molecular weight is 384 g/mol. The van der Waals surface area contributed by atoms with Gasteiger partial charge in [0, 0.05) is 4.88 Å². The molecule has 84 valence electrons. The van der Waals surface area contributed by atoms with Crippen LogP contribution in [-0.4, -0.2) is 0 Å². The van der Waals surface area contributed by atoms with Crippen LogP contribution < -0.4 is 0 Å². The smallest absolute Gasteiger partial charge is 0.137 e. The second-order valence-electron chi connectivity index (χ2n) is 3.15. The van der Waals surface area contributed by atoms with Crippen LogP contribution in [0.5, 0.6) is 0 Å². The lowest BCUT2D eigenvalue weighted by Gasteiger charge is -2.10. The molecule has 0 aliphatic heterocycles. The second kappa shape index (κ2) is 5.17. The monoisotopic (exact) mass is 382 g/mol. The molecule has 1 atom stereocenters. The number of hydrogen-bond donors (Lipinski definition) is 0. The van der Waals surface area contributed by atoms with E-state index in [0.717, 1.165) is 14.8 Å². The Labute approximate surface area is 119 Å². The highest BCUT2D eigenvalue weighted by Gasteiger charge is 2.17. The zero-order valence-corrected chi connectivity index (χ0v) is 12.6. The molecule has 1 unspecified atom stereocenters. The Balaban J connectivity index is 2.41. The summed E-state index contributed by atoms with van der Waals surface area (Å²) in [5, 5.41) is 0. The van der Waals surface area contributed by atoms with Crippen LogP contribution in [0, 0.1) is 5.82 Å². The first-order valence-electron chi connectivity index (χ1n) is 4.43.